The Morgan fingerprint density at radius 1 is 1.11 bits per heavy atom. The van der Waals surface area contributed by atoms with Gasteiger partial charge in [0.05, 0.1) is 20.4 Å². The van der Waals surface area contributed by atoms with Crippen molar-refractivity contribution >= 4 is 0 Å². The third-order valence-electron chi connectivity index (χ3n) is 2.97. The highest BCUT2D eigenvalue weighted by molar-refractivity contribution is 5.43. The summed E-state index contributed by atoms with van der Waals surface area (Å²) in [5, 5.41) is 10.5. The topological polar surface area (TPSA) is 51.6 Å². The molecule has 1 unspecified atom stereocenters. The molecular weight excluding hydrogens is 242 g/mol. The Balaban J connectivity index is 2.42. The number of hydrogen-bond acceptors (Lipinski definition) is 4. The van der Waals surface area contributed by atoms with Crippen LogP contribution in [0.3, 0.4) is 0 Å². The smallest absolute Gasteiger partial charge is 0.137 e. The molecule has 0 saturated carbocycles. The van der Waals surface area contributed by atoms with Gasteiger partial charge in [0.1, 0.15) is 17.6 Å². The van der Waals surface area contributed by atoms with E-state index in [1.54, 1.807) is 32.7 Å². The molecule has 0 aliphatic rings. The van der Waals surface area contributed by atoms with Crippen molar-refractivity contribution in [2.24, 2.45) is 0 Å². The molecule has 4 heteroatoms. The van der Waals surface area contributed by atoms with Gasteiger partial charge in [-0.1, -0.05) is 11.6 Å². The van der Waals surface area contributed by atoms with E-state index < -0.39 is 6.10 Å². The van der Waals surface area contributed by atoms with Crippen LogP contribution in [-0.2, 0) is 0 Å². The van der Waals surface area contributed by atoms with Crippen LogP contribution in [0.2, 0.25) is 0 Å². The molecule has 2 aromatic rings. The van der Waals surface area contributed by atoms with Gasteiger partial charge in [-0.3, -0.25) is 4.98 Å². The first-order valence-corrected chi connectivity index (χ1v) is 5.97. The molecule has 0 fully saturated rings. The molecular formula is C15H17NO3. The van der Waals surface area contributed by atoms with Gasteiger partial charge in [-0.15, -0.1) is 0 Å². The molecule has 1 atom stereocenters. The average molecular weight is 259 g/mol. The van der Waals surface area contributed by atoms with Crippen LogP contribution in [-0.4, -0.2) is 24.3 Å². The first-order valence-electron chi connectivity index (χ1n) is 5.97. The number of benzene rings is 1. The van der Waals surface area contributed by atoms with Gasteiger partial charge in [0.2, 0.25) is 0 Å². The predicted octanol–water partition coefficient (Wildman–Crippen LogP) is 2.49. The van der Waals surface area contributed by atoms with Crippen LogP contribution in [0.4, 0.5) is 0 Å². The minimum absolute atomic E-state index is 0.614. The van der Waals surface area contributed by atoms with Crippen molar-refractivity contribution in [3.63, 3.8) is 0 Å². The largest absolute Gasteiger partial charge is 0.496 e. The lowest BCUT2D eigenvalue weighted by atomic mass is 10.00. The fourth-order valence-corrected chi connectivity index (χ4v) is 1.94. The van der Waals surface area contributed by atoms with Crippen LogP contribution in [0, 0.1) is 6.92 Å². The molecule has 0 bridgehead atoms. The van der Waals surface area contributed by atoms with Gasteiger partial charge in [0, 0.05) is 17.3 Å². The molecule has 1 N–H and O–H groups in total. The molecule has 4 nitrogen and oxygen atoms in total. The zero-order chi connectivity index (χ0) is 13.8. The number of aromatic nitrogens is 1. The fraction of sp³-hybridized carbons (Fsp3) is 0.267. The predicted molar refractivity (Wildman–Crippen MR) is 72.6 cm³/mol. The van der Waals surface area contributed by atoms with Crippen molar-refractivity contribution < 1.29 is 14.6 Å². The average Bonchev–Trinajstić information content (AvgIpc) is 2.46. The molecule has 0 saturated heterocycles. The minimum Gasteiger partial charge on any atom is -0.496 e. The van der Waals surface area contributed by atoms with E-state index in [2.05, 4.69) is 4.98 Å². The van der Waals surface area contributed by atoms with E-state index in [1.165, 1.54) is 0 Å². The zero-order valence-corrected chi connectivity index (χ0v) is 11.3. The summed E-state index contributed by atoms with van der Waals surface area (Å²) >= 11 is 0. The van der Waals surface area contributed by atoms with E-state index in [0.29, 0.717) is 17.1 Å². The van der Waals surface area contributed by atoms with E-state index in [9.17, 15) is 5.11 Å². The van der Waals surface area contributed by atoms with Gasteiger partial charge in [-0.2, -0.15) is 0 Å². The summed E-state index contributed by atoms with van der Waals surface area (Å²) in [6.45, 7) is 1.97. The van der Waals surface area contributed by atoms with Crippen molar-refractivity contribution in [1.29, 1.82) is 0 Å². The maximum absolute atomic E-state index is 10.5. The Labute approximate surface area is 112 Å². The Bertz CT molecular complexity index is 569. The molecule has 100 valence electrons. The summed E-state index contributed by atoms with van der Waals surface area (Å²) in [5.41, 5.74) is 2.45. The van der Waals surface area contributed by atoms with Gasteiger partial charge in [0.25, 0.3) is 0 Å². The Kier molecular flexibility index (Phi) is 4.02. The lowest BCUT2D eigenvalue weighted by Gasteiger charge is -2.16. The molecule has 1 heterocycles. The monoisotopic (exact) mass is 259 g/mol. The maximum Gasteiger partial charge on any atom is 0.137 e. The number of methoxy groups -OCH3 is 2. The van der Waals surface area contributed by atoms with Crippen LogP contribution in [0.25, 0.3) is 0 Å². The van der Waals surface area contributed by atoms with Crippen LogP contribution >= 0.6 is 0 Å². The van der Waals surface area contributed by atoms with Crippen LogP contribution in [0.1, 0.15) is 22.8 Å². The lowest BCUT2D eigenvalue weighted by Crippen LogP contribution is -2.03. The second-order valence-electron chi connectivity index (χ2n) is 4.31. The highest BCUT2D eigenvalue weighted by Crippen LogP contribution is 2.31. The third kappa shape index (κ3) is 2.85. The number of pyridine rings is 1. The van der Waals surface area contributed by atoms with Crippen molar-refractivity contribution in [3.8, 4) is 11.5 Å². The number of aryl methyl sites for hydroxylation is 1. The molecule has 1 aromatic heterocycles. The van der Waals surface area contributed by atoms with Crippen molar-refractivity contribution in [1.82, 2.24) is 4.98 Å². The molecule has 0 aliphatic heterocycles. The van der Waals surface area contributed by atoms with Gasteiger partial charge < -0.3 is 14.6 Å². The minimum atomic E-state index is -0.794. The zero-order valence-electron chi connectivity index (χ0n) is 11.3. The van der Waals surface area contributed by atoms with Crippen LogP contribution < -0.4 is 9.47 Å². The number of nitrogens with zero attached hydrogens (tertiary/aromatic N) is 1. The number of aliphatic hydroxyl groups excluding tert-OH is 1. The standard InChI is InChI=1S/C15H17NO3/c1-10-4-5-14(19-3)13(6-10)15(17)11-7-12(18-2)9-16-8-11/h4-9,15,17H,1-3H3. The lowest BCUT2D eigenvalue weighted by molar-refractivity contribution is 0.213. The quantitative estimate of drug-likeness (QED) is 0.916. The highest BCUT2D eigenvalue weighted by atomic mass is 16.5. The van der Waals surface area contributed by atoms with Crippen molar-refractivity contribution in [3.05, 3.63) is 53.3 Å². The molecule has 0 amide bonds. The van der Waals surface area contributed by atoms with Crippen molar-refractivity contribution in [2.75, 3.05) is 14.2 Å². The first-order chi connectivity index (χ1) is 9.15. The fourth-order valence-electron chi connectivity index (χ4n) is 1.94. The molecule has 0 spiro atoms. The van der Waals surface area contributed by atoms with E-state index in [1.807, 2.05) is 25.1 Å². The van der Waals surface area contributed by atoms with E-state index in [0.717, 1.165) is 11.1 Å². The second kappa shape index (κ2) is 5.71. The number of aliphatic hydroxyl groups is 1. The molecule has 19 heavy (non-hydrogen) atoms. The molecule has 1 aromatic carbocycles. The van der Waals surface area contributed by atoms with E-state index in [4.69, 9.17) is 9.47 Å². The number of hydrogen-bond donors (Lipinski definition) is 1. The Morgan fingerprint density at radius 2 is 1.89 bits per heavy atom. The second-order valence-corrected chi connectivity index (χ2v) is 4.31. The molecule has 0 aliphatic carbocycles. The van der Waals surface area contributed by atoms with Crippen molar-refractivity contribution in [2.45, 2.75) is 13.0 Å². The summed E-state index contributed by atoms with van der Waals surface area (Å²) in [6, 6.07) is 7.46. The Morgan fingerprint density at radius 3 is 2.58 bits per heavy atom. The van der Waals surface area contributed by atoms with Gasteiger partial charge in [0.15, 0.2) is 0 Å². The maximum atomic E-state index is 10.5. The van der Waals surface area contributed by atoms with Crippen LogP contribution in [0.5, 0.6) is 11.5 Å². The van der Waals surface area contributed by atoms with Gasteiger partial charge in [-0.25, -0.2) is 0 Å². The summed E-state index contributed by atoms with van der Waals surface area (Å²) in [6.07, 6.45) is 2.43. The summed E-state index contributed by atoms with van der Waals surface area (Å²) in [5.74, 6) is 1.27. The summed E-state index contributed by atoms with van der Waals surface area (Å²) < 4.78 is 10.4. The molecule has 2 rings (SSSR count). The third-order valence-corrected chi connectivity index (χ3v) is 2.97. The summed E-state index contributed by atoms with van der Waals surface area (Å²) in [4.78, 5) is 4.05. The first kappa shape index (κ1) is 13.4. The van der Waals surface area contributed by atoms with Gasteiger partial charge >= 0.3 is 0 Å². The summed E-state index contributed by atoms with van der Waals surface area (Å²) in [7, 11) is 3.16. The number of rotatable bonds is 4. The molecule has 0 radical (unpaired) electrons. The SMILES string of the molecule is COc1cncc(C(O)c2cc(C)ccc2OC)c1. The normalized spacial score (nSPS) is 12.0. The highest BCUT2D eigenvalue weighted by Gasteiger charge is 2.16. The number of ether oxygens (including phenoxy) is 2. The Hall–Kier alpha value is -2.07. The van der Waals surface area contributed by atoms with E-state index in [-0.39, 0.29) is 0 Å². The van der Waals surface area contributed by atoms with Gasteiger partial charge in [-0.05, 0) is 25.1 Å². The van der Waals surface area contributed by atoms with E-state index >= 15 is 0 Å². The van der Waals surface area contributed by atoms with Crippen LogP contribution in [0.15, 0.2) is 36.7 Å².